The number of amides is 3. The van der Waals surface area contributed by atoms with Gasteiger partial charge in [-0.3, -0.25) is 14.4 Å². The summed E-state index contributed by atoms with van der Waals surface area (Å²) in [6, 6.07) is 19.7. The van der Waals surface area contributed by atoms with Crippen LogP contribution in [0.2, 0.25) is 0 Å². The fraction of sp³-hybridized carbons (Fsp3) is 0.444. The zero-order valence-electron chi connectivity index (χ0n) is 19.7. The van der Waals surface area contributed by atoms with Crippen LogP contribution >= 0.6 is 0 Å². The van der Waals surface area contributed by atoms with E-state index in [2.05, 4.69) is 0 Å². The molecular weight excluding hydrogens is 414 g/mol. The van der Waals surface area contributed by atoms with Gasteiger partial charge in [-0.05, 0) is 31.9 Å². The largest absolute Gasteiger partial charge is 0.339 e. The van der Waals surface area contributed by atoms with E-state index in [0.717, 1.165) is 11.1 Å². The van der Waals surface area contributed by atoms with Crippen molar-refractivity contribution in [2.45, 2.75) is 38.6 Å². The maximum Gasteiger partial charge on any atom is 0.234 e. The number of hydrogen-bond acceptors (Lipinski definition) is 3. The Kier molecular flexibility index (Phi) is 6.54. The number of rotatable bonds is 4. The van der Waals surface area contributed by atoms with Crippen LogP contribution in [0.3, 0.4) is 0 Å². The highest BCUT2D eigenvalue weighted by Crippen LogP contribution is 2.29. The molecular formula is C27H33N3O3. The summed E-state index contributed by atoms with van der Waals surface area (Å²) in [5.74, 6) is -0.509. The molecule has 3 amide bonds. The minimum absolute atomic E-state index is 0.0323. The molecule has 1 unspecified atom stereocenters. The molecule has 6 heteroatoms. The van der Waals surface area contributed by atoms with Crippen LogP contribution in [0.5, 0.6) is 0 Å². The van der Waals surface area contributed by atoms with Crippen LogP contribution in [-0.4, -0.2) is 70.7 Å². The average molecular weight is 448 g/mol. The molecule has 0 N–H and O–H groups in total. The van der Waals surface area contributed by atoms with Gasteiger partial charge in [0.25, 0.3) is 0 Å². The smallest absolute Gasteiger partial charge is 0.234 e. The van der Waals surface area contributed by atoms with Crippen LogP contribution in [0.1, 0.15) is 44.2 Å². The van der Waals surface area contributed by atoms with Crippen molar-refractivity contribution in [1.82, 2.24) is 14.7 Å². The Hall–Kier alpha value is -3.15. The minimum Gasteiger partial charge on any atom is -0.339 e. The summed E-state index contributed by atoms with van der Waals surface area (Å²) in [6.07, 6.45) is 0.277. The molecule has 0 aliphatic carbocycles. The normalized spacial score (nSPS) is 19.3. The highest BCUT2D eigenvalue weighted by molar-refractivity contribution is 5.90. The van der Waals surface area contributed by atoms with Crippen LogP contribution in [0.15, 0.2) is 60.7 Å². The molecule has 2 aromatic carbocycles. The number of likely N-dealkylation sites (tertiary alicyclic amines) is 1. The summed E-state index contributed by atoms with van der Waals surface area (Å²) < 4.78 is 0. The van der Waals surface area contributed by atoms with Crippen LogP contribution in [-0.2, 0) is 14.4 Å². The lowest BCUT2D eigenvalue weighted by atomic mass is 9.90. The van der Waals surface area contributed by atoms with Crippen LogP contribution in [0, 0.1) is 5.92 Å². The van der Waals surface area contributed by atoms with Crippen molar-refractivity contribution in [1.29, 1.82) is 0 Å². The van der Waals surface area contributed by atoms with Crippen molar-refractivity contribution in [3.05, 3.63) is 71.8 Å². The van der Waals surface area contributed by atoms with Crippen molar-refractivity contribution in [2.75, 3.05) is 32.7 Å². The minimum atomic E-state index is -0.359. The van der Waals surface area contributed by atoms with Crippen molar-refractivity contribution in [3.63, 3.8) is 0 Å². The molecule has 1 atom stereocenters. The first kappa shape index (κ1) is 23.0. The molecule has 6 nitrogen and oxygen atoms in total. The summed E-state index contributed by atoms with van der Waals surface area (Å²) in [5.41, 5.74) is 1.67. The molecule has 2 fully saturated rings. The molecule has 2 aliphatic heterocycles. The first-order valence-electron chi connectivity index (χ1n) is 11.7. The fourth-order valence-electron chi connectivity index (χ4n) is 4.88. The Morgan fingerprint density at radius 1 is 0.818 bits per heavy atom. The standard InChI is InChI=1S/C27H33N3O3/c1-27(2,3)30-19-22(18-23(30)31)25(32)28-14-16-29(17-15-28)26(33)24(20-10-6-4-7-11-20)21-12-8-5-9-13-21/h4-13,22,24H,14-19H2,1-3H3. The average Bonchev–Trinajstić information content (AvgIpc) is 3.22. The topological polar surface area (TPSA) is 60.9 Å². The fourth-order valence-corrected chi connectivity index (χ4v) is 4.88. The van der Waals surface area contributed by atoms with Gasteiger partial charge in [-0.25, -0.2) is 0 Å². The van der Waals surface area contributed by atoms with Gasteiger partial charge in [0.15, 0.2) is 0 Å². The Bertz CT molecular complexity index is 953. The lowest BCUT2D eigenvalue weighted by Gasteiger charge is -2.38. The zero-order chi connectivity index (χ0) is 23.6. The van der Waals surface area contributed by atoms with E-state index in [1.165, 1.54) is 0 Å². The van der Waals surface area contributed by atoms with E-state index >= 15 is 0 Å². The molecule has 2 heterocycles. The van der Waals surface area contributed by atoms with E-state index in [1.54, 1.807) is 4.90 Å². The molecule has 0 bridgehead atoms. The second-order valence-corrected chi connectivity index (χ2v) is 9.98. The number of piperazine rings is 1. The van der Waals surface area contributed by atoms with Gasteiger partial charge < -0.3 is 14.7 Å². The number of nitrogens with zero attached hydrogens (tertiary/aromatic N) is 3. The van der Waals surface area contributed by atoms with Crippen molar-refractivity contribution in [2.24, 2.45) is 5.92 Å². The molecule has 2 aromatic rings. The van der Waals surface area contributed by atoms with E-state index in [9.17, 15) is 14.4 Å². The third-order valence-corrected chi connectivity index (χ3v) is 6.70. The number of hydrogen-bond donors (Lipinski definition) is 0. The van der Waals surface area contributed by atoms with E-state index in [4.69, 9.17) is 0 Å². The molecule has 0 radical (unpaired) electrons. The van der Waals surface area contributed by atoms with Gasteiger partial charge in [0.2, 0.25) is 17.7 Å². The Morgan fingerprint density at radius 2 is 1.30 bits per heavy atom. The Labute approximate surface area is 196 Å². The number of carbonyl (C=O) groups excluding carboxylic acids is 3. The Morgan fingerprint density at radius 3 is 1.76 bits per heavy atom. The van der Waals surface area contributed by atoms with Gasteiger partial charge in [-0.2, -0.15) is 0 Å². The zero-order valence-corrected chi connectivity index (χ0v) is 19.7. The first-order valence-corrected chi connectivity index (χ1v) is 11.7. The van der Waals surface area contributed by atoms with Crippen molar-refractivity contribution < 1.29 is 14.4 Å². The maximum absolute atomic E-state index is 13.6. The highest BCUT2D eigenvalue weighted by Gasteiger charge is 2.41. The van der Waals surface area contributed by atoms with Crippen molar-refractivity contribution >= 4 is 17.7 Å². The molecule has 0 spiro atoms. The van der Waals surface area contributed by atoms with Crippen LogP contribution in [0.4, 0.5) is 0 Å². The summed E-state index contributed by atoms with van der Waals surface area (Å²) in [5, 5.41) is 0. The highest BCUT2D eigenvalue weighted by atomic mass is 16.2. The van der Waals surface area contributed by atoms with Crippen LogP contribution in [0.25, 0.3) is 0 Å². The maximum atomic E-state index is 13.6. The summed E-state index contributed by atoms with van der Waals surface area (Å²) in [6.45, 7) is 8.48. The molecule has 2 saturated heterocycles. The van der Waals surface area contributed by atoms with E-state index < -0.39 is 0 Å². The third kappa shape index (κ3) is 4.95. The molecule has 33 heavy (non-hydrogen) atoms. The van der Waals surface area contributed by atoms with Gasteiger partial charge >= 0.3 is 0 Å². The quantitative estimate of drug-likeness (QED) is 0.724. The van der Waals surface area contributed by atoms with Gasteiger partial charge in [-0.1, -0.05) is 60.7 Å². The first-order chi connectivity index (χ1) is 15.8. The van der Waals surface area contributed by atoms with Crippen molar-refractivity contribution in [3.8, 4) is 0 Å². The van der Waals surface area contributed by atoms with Crippen LogP contribution < -0.4 is 0 Å². The second-order valence-electron chi connectivity index (χ2n) is 9.98. The number of carbonyl (C=O) groups is 3. The van der Waals surface area contributed by atoms with Gasteiger partial charge in [0.1, 0.15) is 0 Å². The molecule has 0 saturated carbocycles. The second kappa shape index (κ2) is 9.38. The summed E-state index contributed by atoms with van der Waals surface area (Å²) >= 11 is 0. The van der Waals surface area contributed by atoms with Gasteiger partial charge in [0.05, 0.1) is 11.8 Å². The summed E-state index contributed by atoms with van der Waals surface area (Å²) in [4.78, 5) is 44.6. The third-order valence-electron chi connectivity index (χ3n) is 6.70. The number of benzene rings is 2. The molecule has 0 aromatic heterocycles. The molecule has 2 aliphatic rings. The Balaban J connectivity index is 1.42. The van der Waals surface area contributed by atoms with Gasteiger partial charge in [-0.15, -0.1) is 0 Å². The lowest BCUT2D eigenvalue weighted by Crippen LogP contribution is -2.53. The molecule has 174 valence electrons. The molecule has 4 rings (SSSR count). The predicted octanol–water partition coefficient (Wildman–Crippen LogP) is 3.14. The van der Waals surface area contributed by atoms with Gasteiger partial charge in [0, 0.05) is 44.7 Å². The van der Waals surface area contributed by atoms with E-state index in [0.29, 0.717) is 32.7 Å². The SMILES string of the molecule is CC(C)(C)N1CC(C(=O)N2CCN(C(=O)C(c3ccccc3)c3ccccc3)CC2)CC1=O. The van der Waals surface area contributed by atoms with E-state index in [1.807, 2.05) is 91.2 Å². The monoisotopic (exact) mass is 447 g/mol. The summed E-state index contributed by atoms with van der Waals surface area (Å²) in [7, 11) is 0. The predicted molar refractivity (Wildman–Crippen MR) is 127 cm³/mol. The van der Waals surface area contributed by atoms with E-state index in [-0.39, 0.29) is 41.5 Å². The lowest BCUT2D eigenvalue weighted by molar-refractivity contribution is -0.142.